The Kier molecular flexibility index (Phi) is 7.91. The van der Waals surface area contributed by atoms with Crippen LogP contribution in [0.2, 0.25) is 0 Å². The van der Waals surface area contributed by atoms with Crippen LogP contribution < -0.4 is 27.1 Å². The van der Waals surface area contributed by atoms with Crippen LogP contribution in [0.3, 0.4) is 0 Å². The third-order valence-electron chi connectivity index (χ3n) is 8.22. The largest absolute Gasteiger partial charge is 0.350 e. The van der Waals surface area contributed by atoms with Crippen LogP contribution in [0.4, 0.5) is 13.6 Å². The first-order valence-corrected chi connectivity index (χ1v) is 13.1. The van der Waals surface area contributed by atoms with Crippen molar-refractivity contribution in [3.05, 3.63) is 0 Å². The van der Waals surface area contributed by atoms with Gasteiger partial charge in [0.15, 0.2) is 0 Å². The summed E-state index contributed by atoms with van der Waals surface area (Å²) >= 11 is 0. The summed E-state index contributed by atoms with van der Waals surface area (Å²) in [5.74, 6) is -0.904. The Hall–Kier alpha value is -1.68. The van der Waals surface area contributed by atoms with Gasteiger partial charge in [-0.05, 0) is 7.05 Å². The summed E-state index contributed by atoms with van der Waals surface area (Å²) in [6.45, 7) is 6.35. The lowest BCUT2D eigenvalue weighted by Crippen LogP contribution is -2.68. The number of piperazine rings is 2. The van der Waals surface area contributed by atoms with Crippen LogP contribution in [0.1, 0.15) is 0 Å². The van der Waals surface area contributed by atoms with Gasteiger partial charge in [0.1, 0.15) is 12.3 Å². The molecule has 7 unspecified atom stereocenters. The highest BCUT2D eigenvalue weighted by molar-refractivity contribution is 5.81. The van der Waals surface area contributed by atoms with Crippen LogP contribution in [0.5, 0.6) is 0 Å². The average molecular weight is 515 g/mol. The molecule has 5 heterocycles. The monoisotopic (exact) mass is 514 g/mol. The second-order valence-electron chi connectivity index (χ2n) is 10.7. The molecule has 5 aliphatic rings. The van der Waals surface area contributed by atoms with Gasteiger partial charge in [0.25, 0.3) is 0 Å². The van der Waals surface area contributed by atoms with E-state index >= 15 is 4.39 Å². The minimum atomic E-state index is -1.16. The summed E-state index contributed by atoms with van der Waals surface area (Å²) in [5.41, 5.74) is 9.17. The standard InChI is InChI=1S/C22H40F2N10O2/c1-30-2-4-32(5-3-30)22(36)33-8-6-31(7-9-33)18-15(24)11-26-12-16(18)28-21(35)17-19(25)29-34-13-14(23)10-27-20(17)34/h14-20,26-27,29H,2-13,25H2,1H3,(H,28,35). The van der Waals surface area contributed by atoms with E-state index < -0.39 is 42.7 Å². The van der Waals surface area contributed by atoms with E-state index in [-0.39, 0.29) is 31.6 Å². The summed E-state index contributed by atoms with van der Waals surface area (Å²) in [7, 11) is 2.06. The second-order valence-corrected chi connectivity index (χ2v) is 10.7. The number of hydrogen-bond donors (Lipinski definition) is 5. The van der Waals surface area contributed by atoms with Gasteiger partial charge in [-0.1, -0.05) is 0 Å². The fourth-order valence-corrected chi connectivity index (χ4v) is 6.16. The van der Waals surface area contributed by atoms with E-state index in [1.807, 2.05) is 9.80 Å². The topological polar surface area (TPSA) is 124 Å². The number of nitrogens with one attached hydrogen (secondary N) is 4. The van der Waals surface area contributed by atoms with Crippen molar-refractivity contribution >= 4 is 11.9 Å². The molecule has 12 nitrogen and oxygen atoms in total. The van der Waals surface area contributed by atoms with E-state index in [0.717, 1.165) is 26.2 Å². The van der Waals surface area contributed by atoms with Gasteiger partial charge in [0, 0.05) is 78.5 Å². The van der Waals surface area contributed by atoms with Crippen molar-refractivity contribution in [3.8, 4) is 0 Å². The van der Waals surface area contributed by atoms with Crippen molar-refractivity contribution in [3.63, 3.8) is 0 Å². The molecule has 0 aromatic carbocycles. The molecule has 5 fully saturated rings. The van der Waals surface area contributed by atoms with Crippen molar-refractivity contribution in [2.45, 2.75) is 36.8 Å². The van der Waals surface area contributed by atoms with Crippen LogP contribution in [-0.4, -0.2) is 159 Å². The number of alkyl halides is 2. The lowest BCUT2D eigenvalue weighted by atomic mass is 9.94. The number of nitrogens with two attached hydrogens (primary N) is 1. The summed E-state index contributed by atoms with van der Waals surface area (Å²) in [6.07, 6.45) is -3.26. The Labute approximate surface area is 210 Å². The molecule has 5 saturated heterocycles. The van der Waals surface area contributed by atoms with Gasteiger partial charge in [-0.25, -0.2) is 24.0 Å². The molecular weight excluding hydrogens is 474 g/mol. The number of rotatable bonds is 3. The maximum atomic E-state index is 15.2. The number of piperidine rings is 1. The first-order chi connectivity index (χ1) is 17.3. The zero-order chi connectivity index (χ0) is 25.4. The molecule has 0 aliphatic carbocycles. The van der Waals surface area contributed by atoms with Crippen LogP contribution in [0.25, 0.3) is 0 Å². The molecule has 204 valence electrons. The average Bonchev–Trinajstić information content (AvgIpc) is 3.19. The third kappa shape index (κ3) is 5.30. The number of urea groups is 1. The third-order valence-corrected chi connectivity index (χ3v) is 8.22. The number of fused-ring (bicyclic) bond motifs is 1. The number of hydrogen-bond acceptors (Lipinski definition) is 9. The highest BCUT2D eigenvalue weighted by Crippen LogP contribution is 2.24. The molecule has 5 aliphatic heterocycles. The van der Waals surface area contributed by atoms with Gasteiger partial charge in [-0.15, -0.1) is 0 Å². The van der Waals surface area contributed by atoms with Crippen molar-refractivity contribution in [1.82, 2.24) is 46.0 Å². The Morgan fingerprint density at radius 2 is 1.61 bits per heavy atom. The van der Waals surface area contributed by atoms with Crippen LogP contribution >= 0.6 is 0 Å². The van der Waals surface area contributed by atoms with Gasteiger partial charge in [0.2, 0.25) is 5.91 Å². The summed E-state index contributed by atoms with van der Waals surface area (Å²) in [6, 6.07) is -0.885. The Balaban J connectivity index is 1.18. The van der Waals surface area contributed by atoms with E-state index in [0.29, 0.717) is 32.7 Å². The summed E-state index contributed by atoms with van der Waals surface area (Å²) in [5, 5.41) is 10.8. The first kappa shape index (κ1) is 25.9. The molecule has 0 spiro atoms. The first-order valence-electron chi connectivity index (χ1n) is 13.1. The Bertz CT molecular complexity index is 795. The number of nitrogens with zero attached hydrogens (tertiary/aromatic N) is 5. The normalized spacial score (nSPS) is 39.2. The van der Waals surface area contributed by atoms with Crippen LogP contribution in [0, 0.1) is 5.92 Å². The molecular formula is C22H40F2N10O2. The quantitative estimate of drug-likeness (QED) is 0.264. The molecule has 0 aromatic heterocycles. The molecule has 0 bridgehead atoms. The zero-order valence-corrected chi connectivity index (χ0v) is 20.9. The SMILES string of the molecule is CN1CCN(C(=O)N2CCN(C3C(F)CNCC3NC(=O)C3C(N)NN4CC(F)CNC34)CC2)CC1. The highest BCUT2D eigenvalue weighted by atomic mass is 19.1. The molecule has 6 N–H and O–H groups in total. The number of halogens is 2. The fourth-order valence-electron chi connectivity index (χ4n) is 6.16. The number of hydrazine groups is 1. The zero-order valence-electron chi connectivity index (χ0n) is 20.9. The molecule has 0 radical (unpaired) electrons. The molecule has 36 heavy (non-hydrogen) atoms. The van der Waals surface area contributed by atoms with Gasteiger partial charge in [-0.3, -0.25) is 15.0 Å². The van der Waals surface area contributed by atoms with Crippen molar-refractivity contribution in [2.24, 2.45) is 11.7 Å². The predicted molar refractivity (Wildman–Crippen MR) is 129 cm³/mol. The molecule has 5 rings (SSSR count). The highest BCUT2D eigenvalue weighted by Gasteiger charge is 2.48. The second kappa shape index (κ2) is 11.0. The lowest BCUT2D eigenvalue weighted by Gasteiger charge is -2.46. The van der Waals surface area contributed by atoms with Gasteiger partial charge < -0.3 is 31.1 Å². The van der Waals surface area contributed by atoms with Gasteiger partial charge in [-0.2, -0.15) is 0 Å². The molecule has 0 saturated carbocycles. The minimum Gasteiger partial charge on any atom is -0.350 e. The Morgan fingerprint density at radius 3 is 2.31 bits per heavy atom. The van der Waals surface area contributed by atoms with Crippen LogP contribution in [-0.2, 0) is 4.79 Å². The van der Waals surface area contributed by atoms with Crippen molar-refractivity contribution < 1.29 is 18.4 Å². The maximum Gasteiger partial charge on any atom is 0.320 e. The number of likely N-dealkylation sites (N-methyl/N-ethyl adjacent to an activating group) is 1. The van der Waals surface area contributed by atoms with Crippen molar-refractivity contribution in [2.75, 3.05) is 85.6 Å². The number of carbonyl (C=O) groups excluding carboxylic acids is 2. The summed E-state index contributed by atoms with van der Waals surface area (Å²) < 4.78 is 29.0. The van der Waals surface area contributed by atoms with Gasteiger partial charge in [0.05, 0.1) is 30.3 Å². The van der Waals surface area contributed by atoms with Gasteiger partial charge >= 0.3 is 6.03 Å². The maximum absolute atomic E-state index is 15.2. The minimum absolute atomic E-state index is 0.0532. The van der Waals surface area contributed by atoms with E-state index in [9.17, 15) is 14.0 Å². The Morgan fingerprint density at radius 1 is 0.944 bits per heavy atom. The predicted octanol–water partition coefficient (Wildman–Crippen LogP) is -3.25. The fraction of sp³-hybridized carbons (Fsp3) is 0.909. The van der Waals surface area contributed by atoms with E-state index in [1.165, 1.54) is 0 Å². The van der Waals surface area contributed by atoms with E-state index in [4.69, 9.17) is 5.73 Å². The van der Waals surface area contributed by atoms with E-state index in [1.54, 1.807) is 5.01 Å². The van der Waals surface area contributed by atoms with Crippen molar-refractivity contribution in [1.29, 1.82) is 0 Å². The summed E-state index contributed by atoms with van der Waals surface area (Å²) in [4.78, 5) is 34.3. The molecule has 7 atom stereocenters. The number of carbonyl (C=O) groups is 2. The lowest BCUT2D eigenvalue weighted by molar-refractivity contribution is -0.128. The smallest absolute Gasteiger partial charge is 0.320 e. The number of amides is 3. The van der Waals surface area contributed by atoms with E-state index in [2.05, 4.69) is 38.2 Å². The van der Waals surface area contributed by atoms with Crippen LogP contribution in [0.15, 0.2) is 0 Å². The molecule has 14 heteroatoms. The molecule has 0 aromatic rings. The molecule has 3 amide bonds.